The van der Waals surface area contributed by atoms with Crippen LogP contribution in [-0.4, -0.2) is 30.4 Å². The summed E-state index contributed by atoms with van der Waals surface area (Å²) in [6.45, 7) is 1.58. The number of halogens is 3. The van der Waals surface area contributed by atoms with Gasteiger partial charge in [-0.25, -0.2) is 8.42 Å². The number of anilines is 1. The molecule has 1 aliphatic rings. The number of sulfonamides is 1. The minimum absolute atomic E-state index is 0.0808. The van der Waals surface area contributed by atoms with Gasteiger partial charge in [-0.2, -0.15) is 17.5 Å². The van der Waals surface area contributed by atoms with Crippen molar-refractivity contribution in [1.82, 2.24) is 4.31 Å². The number of alkyl halides is 3. The second kappa shape index (κ2) is 7.56. The Morgan fingerprint density at radius 3 is 2.29 bits per heavy atom. The van der Waals surface area contributed by atoms with E-state index < -0.39 is 33.7 Å². The van der Waals surface area contributed by atoms with Crippen molar-refractivity contribution in [1.29, 1.82) is 0 Å². The molecule has 9 heteroatoms. The SMILES string of the molecule is CCS(=O)(=O)N1Cc2ccccc2C[C@@H]1C(=O)Nc1ccc(C(F)(F)F)cc1. The van der Waals surface area contributed by atoms with Crippen LogP contribution in [0.15, 0.2) is 48.5 Å². The molecule has 0 saturated heterocycles. The smallest absolute Gasteiger partial charge is 0.325 e. The Morgan fingerprint density at radius 2 is 1.71 bits per heavy atom. The van der Waals surface area contributed by atoms with Gasteiger partial charge in [0.1, 0.15) is 6.04 Å². The average Bonchev–Trinajstić information content (AvgIpc) is 2.66. The van der Waals surface area contributed by atoms with E-state index in [0.29, 0.717) is 0 Å². The lowest BCUT2D eigenvalue weighted by Gasteiger charge is -2.34. The van der Waals surface area contributed by atoms with Gasteiger partial charge in [0.25, 0.3) is 0 Å². The largest absolute Gasteiger partial charge is 0.416 e. The summed E-state index contributed by atoms with van der Waals surface area (Å²) in [5, 5.41) is 2.53. The van der Waals surface area contributed by atoms with Crippen molar-refractivity contribution in [3.63, 3.8) is 0 Å². The van der Waals surface area contributed by atoms with Crippen LogP contribution in [0, 0.1) is 0 Å². The maximum atomic E-state index is 12.8. The van der Waals surface area contributed by atoms with Gasteiger partial charge in [0, 0.05) is 12.2 Å². The number of carbonyl (C=O) groups is 1. The molecule has 1 aliphatic heterocycles. The molecule has 1 atom stereocenters. The Balaban J connectivity index is 1.86. The van der Waals surface area contributed by atoms with Crippen molar-refractivity contribution in [2.75, 3.05) is 11.1 Å². The van der Waals surface area contributed by atoms with Gasteiger partial charge in [-0.05, 0) is 48.7 Å². The zero-order valence-electron chi connectivity index (χ0n) is 15.0. The average molecular weight is 412 g/mol. The molecule has 2 aromatic carbocycles. The predicted molar refractivity (Wildman–Crippen MR) is 99.0 cm³/mol. The highest BCUT2D eigenvalue weighted by Gasteiger charge is 2.38. The third kappa shape index (κ3) is 4.20. The zero-order chi connectivity index (χ0) is 20.5. The van der Waals surface area contributed by atoms with Crippen LogP contribution in [0.5, 0.6) is 0 Å². The van der Waals surface area contributed by atoms with Gasteiger partial charge in [0.05, 0.1) is 11.3 Å². The van der Waals surface area contributed by atoms with E-state index in [9.17, 15) is 26.4 Å². The standard InChI is InChI=1S/C19H19F3N2O3S/c1-2-28(26,27)24-12-14-6-4-3-5-13(14)11-17(24)18(25)23-16-9-7-15(8-10-16)19(20,21)22/h3-10,17H,2,11-12H2,1H3,(H,23,25)/t17-/m1/s1. The first-order valence-electron chi connectivity index (χ1n) is 8.66. The number of rotatable bonds is 4. The summed E-state index contributed by atoms with van der Waals surface area (Å²) in [7, 11) is -3.65. The van der Waals surface area contributed by atoms with Gasteiger partial charge < -0.3 is 5.32 Å². The van der Waals surface area contributed by atoms with Crippen LogP contribution in [0.1, 0.15) is 23.6 Å². The van der Waals surface area contributed by atoms with Crippen LogP contribution < -0.4 is 5.32 Å². The number of nitrogens with zero attached hydrogens (tertiary/aromatic N) is 1. The van der Waals surface area contributed by atoms with E-state index in [1.54, 1.807) is 6.07 Å². The highest BCUT2D eigenvalue weighted by atomic mass is 32.2. The van der Waals surface area contributed by atoms with Crippen molar-refractivity contribution in [3.05, 3.63) is 65.2 Å². The molecule has 0 unspecified atom stereocenters. The Bertz CT molecular complexity index is 973. The number of carbonyl (C=O) groups excluding carboxylic acids is 1. The summed E-state index contributed by atoms with van der Waals surface area (Å²) in [4.78, 5) is 12.8. The molecule has 0 spiro atoms. The Hall–Kier alpha value is -2.39. The van der Waals surface area contributed by atoms with Gasteiger partial charge in [0.15, 0.2) is 0 Å². The molecule has 3 rings (SSSR count). The van der Waals surface area contributed by atoms with E-state index in [-0.39, 0.29) is 24.4 Å². The molecule has 0 saturated carbocycles. The third-order valence-corrected chi connectivity index (χ3v) is 6.54. The van der Waals surface area contributed by atoms with Gasteiger partial charge in [0.2, 0.25) is 15.9 Å². The monoisotopic (exact) mass is 412 g/mol. The van der Waals surface area contributed by atoms with E-state index in [0.717, 1.165) is 39.7 Å². The number of hydrogen-bond donors (Lipinski definition) is 1. The predicted octanol–water partition coefficient (Wildman–Crippen LogP) is 3.42. The van der Waals surface area contributed by atoms with Gasteiger partial charge >= 0.3 is 6.18 Å². The maximum Gasteiger partial charge on any atom is 0.416 e. The number of nitrogens with one attached hydrogen (secondary N) is 1. The van der Waals surface area contributed by atoms with Crippen LogP contribution in [0.3, 0.4) is 0 Å². The molecule has 0 bridgehead atoms. The lowest BCUT2D eigenvalue weighted by molar-refractivity contribution is -0.137. The Kier molecular flexibility index (Phi) is 5.49. The first kappa shape index (κ1) is 20.3. The van der Waals surface area contributed by atoms with E-state index in [1.165, 1.54) is 6.92 Å². The van der Waals surface area contributed by atoms with Gasteiger partial charge in [-0.3, -0.25) is 4.79 Å². The van der Waals surface area contributed by atoms with E-state index in [4.69, 9.17) is 0 Å². The van der Waals surface area contributed by atoms with E-state index in [1.807, 2.05) is 18.2 Å². The van der Waals surface area contributed by atoms with Gasteiger partial charge in [-0.15, -0.1) is 0 Å². The molecule has 1 N–H and O–H groups in total. The van der Waals surface area contributed by atoms with Crippen LogP contribution >= 0.6 is 0 Å². The third-order valence-electron chi connectivity index (χ3n) is 4.71. The van der Waals surface area contributed by atoms with Crippen molar-refractivity contribution in [2.45, 2.75) is 32.1 Å². The molecular formula is C19H19F3N2O3S. The molecule has 0 fully saturated rings. The first-order valence-corrected chi connectivity index (χ1v) is 10.3. The first-order chi connectivity index (χ1) is 13.1. The molecule has 28 heavy (non-hydrogen) atoms. The second-order valence-corrected chi connectivity index (χ2v) is 8.71. The Labute approximate surface area is 161 Å². The zero-order valence-corrected chi connectivity index (χ0v) is 15.8. The van der Waals surface area contributed by atoms with E-state index >= 15 is 0 Å². The molecule has 150 valence electrons. The molecule has 0 aromatic heterocycles. The summed E-state index contributed by atoms with van der Waals surface area (Å²) in [6, 6.07) is 10.3. The fourth-order valence-electron chi connectivity index (χ4n) is 3.15. The van der Waals surface area contributed by atoms with Crippen LogP contribution in [-0.2, 0) is 34.0 Å². The van der Waals surface area contributed by atoms with Gasteiger partial charge in [-0.1, -0.05) is 24.3 Å². The summed E-state index contributed by atoms with van der Waals surface area (Å²) < 4.78 is 64.2. The molecule has 0 aliphatic carbocycles. The highest BCUT2D eigenvalue weighted by molar-refractivity contribution is 7.89. The maximum absolute atomic E-state index is 12.8. The highest BCUT2D eigenvalue weighted by Crippen LogP contribution is 2.30. The lowest BCUT2D eigenvalue weighted by atomic mass is 9.95. The fourth-order valence-corrected chi connectivity index (χ4v) is 4.37. The molecule has 1 amide bonds. The van der Waals surface area contributed by atoms with Crippen molar-refractivity contribution >= 4 is 21.6 Å². The number of amides is 1. The Morgan fingerprint density at radius 1 is 1.11 bits per heavy atom. The van der Waals surface area contributed by atoms with Crippen LogP contribution in [0.2, 0.25) is 0 Å². The van der Waals surface area contributed by atoms with Crippen LogP contribution in [0.4, 0.5) is 18.9 Å². The second-order valence-electron chi connectivity index (χ2n) is 6.50. The number of benzene rings is 2. The topological polar surface area (TPSA) is 66.5 Å². The van der Waals surface area contributed by atoms with Crippen LogP contribution in [0.25, 0.3) is 0 Å². The lowest BCUT2D eigenvalue weighted by Crippen LogP contribution is -2.51. The normalized spacial score (nSPS) is 17.8. The molecule has 2 aromatic rings. The van der Waals surface area contributed by atoms with Crippen molar-refractivity contribution in [2.24, 2.45) is 0 Å². The van der Waals surface area contributed by atoms with Crippen molar-refractivity contribution in [3.8, 4) is 0 Å². The molecular weight excluding hydrogens is 393 g/mol. The summed E-state index contributed by atoms with van der Waals surface area (Å²) in [5.74, 6) is -0.731. The summed E-state index contributed by atoms with van der Waals surface area (Å²) in [5.41, 5.74) is 1.05. The quantitative estimate of drug-likeness (QED) is 0.837. The number of fused-ring (bicyclic) bond motifs is 1. The van der Waals surface area contributed by atoms with E-state index in [2.05, 4.69) is 5.32 Å². The minimum Gasteiger partial charge on any atom is -0.325 e. The summed E-state index contributed by atoms with van der Waals surface area (Å²) >= 11 is 0. The molecule has 5 nitrogen and oxygen atoms in total. The minimum atomic E-state index is -4.47. The number of hydrogen-bond acceptors (Lipinski definition) is 3. The molecule has 0 radical (unpaired) electrons. The fraction of sp³-hybridized carbons (Fsp3) is 0.316. The summed E-state index contributed by atoms with van der Waals surface area (Å²) in [6.07, 6.45) is -4.27. The van der Waals surface area contributed by atoms with Crippen molar-refractivity contribution < 1.29 is 26.4 Å². The molecule has 1 heterocycles.